The van der Waals surface area contributed by atoms with Crippen LogP contribution in [0.3, 0.4) is 0 Å². The number of H-pyrrole nitrogens is 1. The summed E-state index contributed by atoms with van der Waals surface area (Å²) in [7, 11) is 0. The predicted octanol–water partition coefficient (Wildman–Crippen LogP) is 4.22. The molecular weight excluding hydrogens is 381 g/mol. The van der Waals surface area contributed by atoms with Gasteiger partial charge in [-0.05, 0) is 61.7 Å². The highest BCUT2D eigenvalue weighted by atomic mass is 19.1. The quantitative estimate of drug-likeness (QED) is 0.619. The van der Waals surface area contributed by atoms with E-state index >= 15 is 0 Å². The highest BCUT2D eigenvalue weighted by Gasteiger charge is 2.23. The Bertz CT molecular complexity index is 1010. The number of benzene rings is 2. The Labute approximate surface area is 176 Å². The molecule has 30 heavy (non-hydrogen) atoms. The fraction of sp³-hybridized carbons (Fsp3) is 0.417. The van der Waals surface area contributed by atoms with E-state index in [1.54, 1.807) is 6.07 Å². The molecule has 0 radical (unpaired) electrons. The summed E-state index contributed by atoms with van der Waals surface area (Å²) in [5, 5.41) is 1.01. The monoisotopic (exact) mass is 409 g/mol. The fourth-order valence-electron chi connectivity index (χ4n) is 4.53. The Hall–Kier alpha value is -2.73. The third-order valence-electron chi connectivity index (χ3n) is 6.16. The summed E-state index contributed by atoms with van der Waals surface area (Å²) in [6.45, 7) is 6.47. The van der Waals surface area contributed by atoms with E-state index in [0.29, 0.717) is 13.2 Å². The van der Waals surface area contributed by atoms with Crippen LogP contribution in [0.5, 0.6) is 11.5 Å². The summed E-state index contributed by atoms with van der Waals surface area (Å²) in [4.78, 5) is 8.19. The summed E-state index contributed by atoms with van der Waals surface area (Å²) >= 11 is 0. The van der Waals surface area contributed by atoms with Crippen molar-refractivity contribution in [1.29, 1.82) is 0 Å². The van der Waals surface area contributed by atoms with E-state index < -0.39 is 0 Å². The molecule has 0 atom stereocenters. The summed E-state index contributed by atoms with van der Waals surface area (Å²) in [5.41, 5.74) is 3.38. The topological polar surface area (TPSA) is 40.7 Å². The molecule has 2 aliphatic rings. The zero-order chi connectivity index (χ0) is 20.3. The maximum absolute atomic E-state index is 13.5. The number of hydrogen-bond acceptors (Lipinski definition) is 4. The Morgan fingerprint density at radius 3 is 2.73 bits per heavy atom. The number of halogens is 1. The standard InChI is InChI=1S/C24H28FN3O2/c25-19-7-8-21-20(16-19)18(17-26-21)4-1-2-9-27-10-12-28(13-11-27)22-5-3-6-23-24(22)30-15-14-29-23/h3,5-8,16-17,26H,1-2,4,9-15H2. The number of aryl methyl sites for hydroxylation is 1. The normalized spacial score (nSPS) is 16.9. The molecule has 0 aliphatic carbocycles. The van der Waals surface area contributed by atoms with Crippen LogP contribution in [0.25, 0.3) is 10.9 Å². The van der Waals surface area contributed by atoms with Crippen molar-refractivity contribution < 1.29 is 13.9 Å². The summed E-state index contributed by atoms with van der Waals surface area (Å²) in [5.74, 6) is 1.59. The largest absolute Gasteiger partial charge is 0.486 e. The van der Waals surface area contributed by atoms with Crippen molar-refractivity contribution in [3.05, 3.63) is 54.0 Å². The van der Waals surface area contributed by atoms with Crippen molar-refractivity contribution in [2.75, 3.05) is 50.8 Å². The lowest BCUT2D eigenvalue weighted by molar-refractivity contribution is 0.171. The molecule has 1 aromatic heterocycles. The van der Waals surface area contributed by atoms with E-state index in [2.05, 4.69) is 20.9 Å². The van der Waals surface area contributed by atoms with E-state index in [9.17, 15) is 4.39 Å². The lowest BCUT2D eigenvalue weighted by Crippen LogP contribution is -2.46. The van der Waals surface area contributed by atoms with Gasteiger partial charge in [0, 0.05) is 43.3 Å². The molecule has 1 saturated heterocycles. The highest BCUT2D eigenvalue weighted by molar-refractivity contribution is 5.83. The lowest BCUT2D eigenvalue weighted by Gasteiger charge is -2.37. The molecule has 0 saturated carbocycles. The maximum atomic E-state index is 13.5. The van der Waals surface area contributed by atoms with Crippen LogP contribution in [0.1, 0.15) is 18.4 Å². The first kappa shape index (κ1) is 19.2. The number of para-hydroxylation sites is 1. The lowest BCUT2D eigenvalue weighted by atomic mass is 10.1. The second-order valence-corrected chi connectivity index (χ2v) is 8.09. The number of fused-ring (bicyclic) bond motifs is 2. The minimum atomic E-state index is -0.169. The third-order valence-corrected chi connectivity index (χ3v) is 6.16. The summed E-state index contributed by atoms with van der Waals surface area (Å²) in [6.07, 6.45) is 5.27. The molecule has 3 heterocycles. The van der Waals surface area contributed by atoms with Gasteiger partial charge in [0.2, 0.25) is 0 Å². The Kier molecular flexibility index (Phi) is 5.49. The van der Waals surface area contributed by atoms with Crippen molar-refractivity contribution in [2.45, 2.75) is 19.3 Å². The molecule has 1 N–H and O–H groups in total. The molecule has 5 rings (SSSR count). The molecule has 2 aliphatic heterocycles. The molecular formula is C24H28FN3O2. The maximum Gasteiger partial charge on any atom is 0.184 e. The first-order valence-electron chi connectivity index (χ1n) is 10.9. The van der Waals surface area contributed by atoms with Crippen molar-refractivity contribution in [3.63, 3.8) is 0 Å². The summed E-state index contributed by atoms with van der Waals surface area (Å²) < 4.78 is 25.1. The number of piperazine rings is 1. The Balaban J connectivity index is 1.10. The number of anilines is 1. The van der Waals surface area contributed by atoms with Crippen molar-refractivity contribution in [1.82, 2.24) is 9.88 Å². The number of nitrogens with one attached hydrogen (secondary N) is 1. The van der Waals surface area contributed by atoms with Crippen molar-refractivity contribution in [2.24, 2.45) is 0 Å². The van der Waals surface area contributed by atoms with Gasteiger partial charge in [-0.15, -0.1) is 0 Å². The molecule has 158 valence electrons. The van der Waals surface area contributed by atoms with Crippen molar-refractivity contribution in [3.8, 4) is 11.5 Å². The molecule has 2 aromatic carbocycles. The van der Waals surface area contributed by atoms with Crippen molar-refractivity contribution >= 4 is 16.6 Å². The SMILES string of the molecule is Fc1ccc2[nH]cc(CCCCN3CCN(c4cccc5c4OCCO5)CC3)c2c1. The van der Waals surface area contributed by atoms with Crippen LogP contribution < -0.4 is 14.4 Å². The van der Waals surface area contributed by atoms with Crippen LogP contribution in [0, 0.1) is 5.82 Å². The molecule has 0 unspecified atom stereocenters. The Morgan fingerprint density at radius 2 is 1.83 bits per heavy atom. The van der Waals surface area contributed by atoms with Gasteiger partial charge < -0.3 is 19.4 Å². The second kappa shape index (κ2) is 8.56. The van der Waals surface area contributed by atoms with Crippen LogP contribution in [-0.2, 0) is 6.42 Å². The Morgan fingerprint density at radius 1 is 0.967 bits per heavy atom. The van der Waals surface area contributed by atoms with Crippen LogP contribution >= 0.6 is 0 Å². The molecule has 0 amide bonds. The van der Waals surface area contributed by atoms with Gasteiger partial charge in [-0.25, -0.2) is 4.39 Å². The predicted molar refractivity (Wildman–Crippen MR) is 117 cm³/mol. The number of aromatic nitrogens is 1. The van der Waals surface area contributed by atoms with E-state index in [1.807, 2.05) is 24.4 Å². The minimum Gasteiger partial charge on any atom is -0.486 e. The van der Waals surface area contributed by atoms with E-state index in [4.69, 9.17) is 9.47 Å². The smallest absolute Gasteiger partial charge is 0.184 e. The number of unbranched alkanes of at least 4 members (excludes halogenated alkanes) is 1. The van der Waals surface area contributed by atoms with Gasteiger partial charge in [-0.3, -0.25) is 4.90 Å². The fourth-order valence-corrected chi connectivity index (χ4v) is 4.53. The second-order valence-electron chi connectivity index (χ2n) is 8.09. The van der Waals surface area contributed by atoms with Gasteiger partial charge in [-0.1, -0.05) is 6.07 Å². The van der Waals surface area contributed by atoms with Gasteiger partial charge in [-0.2, -0.15) is 0 Å². The molecule has 6 heteroatoms. The van der Waals surface area contributed by atoms with E-state index in [0.717, 1.165) is 80.1 Å². The van der Waals surface area contributed by atoms with Crippen LogP contribution in [0.2, 0.25) is 0 Å². The number of hydrogen-bond donors (Lipinski definition) is 1. The molecule has 1 fully saturated rings. The highest BCUT2D eigenvalue weighted by Crippen LogP contribution is 2.39. The van der Waals surface area contributed by atoms with E-state index in [-0.39, 0.29) is 5.82 Å². The average Bonchev–Trinajstić information content (AvgIpc) is 3.19. The average molecular weight is 410 g/mol. The third kappa shape index (κ3) is 3.97. The van der Waals surface area contributed by atoms with Crippen LogP contribution in [-0.4, -0.2) is 55.8 Å². The van der Waals surface area contributed by atoms with E-state index in [1.165, 1.54) is 11.6 Å². The molecule has 0 spiro atoms. The van der Waals surface area contributed by atoms with Gasteiger partial charge in [0.25, 0.3) is 0 Å². The zero-order valence-electron chi connectivity index (χ0n) is 17.2. The van der Waals surface area contributed by atoms with Crippen LogP contribution in [0.4, 0.5) is 10.1 Å². The minimum absolute atomic E-state index is 0.169. The number of rotatable bonds is 6. The molecule has 3 aromatic rings. The zero-order valence-corrected chi connectivity index (χ0v) is 17.2. The van der Waals surface area contributed by atoms with Crippen LogP contribution in [0.15, 0.2) is 42.6 Å². The summed E-state index contributed by atoms with van der Waals surface area (Å²) in [6, 6.07) is 11.1. The number of ether oxygens (including phenoxy) is 2. The first-order valence-corrected chi connectivity index (χ1v) is 10.9. The van der Waals surface area contributed by atoms with Gasteiger partial charge in [0.15, 0.2) is 11.5 Å². The number of aromatic amines is 1. The van der Waals surface area contributed by atoms with Gasteiger partial charge >= 0.3 is 0 Å². The number of nitrogens with zero attached hydrogens (tertiary/aromatic N) is 2. The van der Waals surface area contributed by atoms with Gasteiger partial charge in [0.1, 0.15) is 19.0 Å². The first-order chi connectivity index (χ1) is 14.8. The van der Waals surface area contributed by atoms with Gasteiger partial charge in [0.05, 0.1) is 5.69 Å². The molecule has 0 bridgehead atoms. The molecule has 5 nitrogen and oxygen atoms in total.